The third kappa shape index (κ3) is 5.54. The Labute approximate surface area is 307 Å². The number of para-hydroxylation sites is 3. The van der Waals surface area contributed by atoms with Crippen molar-refractivity contribution in [2.24, 2.45) is 0 Å². The summed E-state index contributed by atoms with van der Waals surface area (Å²) in [6.45, 7) is 0. The van der Waals surface area contributed by atoms with E-state index >= 15 is 0 Å². The topological polar surface area (TPSA) is 34.2 Å². The number of anilines is 3. The molecule has 0 fully saturated rings. The zero-order valence-electron chi connectivity index (χ0n) is 28.8. The molecular formula is C49H33N3O. The van der Waals surface area contributed by atoms with Crippen LogP contribution in [0.2, 0.25) is 0 Å². The van der Waals surface area contributed by atoms with Crippen LogP contribution in [0, 0.1) is 0 Å². The highest BCUT2D eigenvalue weighted by Crippen LogP contribution is 2.40. The second kappa shape index (κ2) is 12.9. The Morgan fingerprint density at radius 3 is 1.43 bits per heavy atom. The average Bonchev–Trinajstić information content (AvgIpc) is 3.82. The molecule has 250 valence electrons. The van der Waals surface area contributed by atoms with E-state index < -0.39 is 0 Å². The molecule has 0 spiro atoms. The van der Waals surface area contributed by atoms with Gasteiger partial charge in [-0.3, -0.25) is 0 Å². The first-order valence-corrected chi connectivity index (χ1v) is 17.9. The van der Waals surface area contributed by atoms with E-state index in [0.717, 1.165) is 39.4 Å². The second-order valence-corrected chi connectivity index (χ2v) is 13.3. The van der Waals surface area contributed by atoms with Crippen LogP contribution in [-0.4, -0.2) is 9.55 Å². The highest BCUT2D eigenvalue weighted by atomic mass is 16.3. The summed E-state index contributed by atoms with van der Waals surface area (Å²) in [4.78, 5) is 6.99. The van der Waals surface area contributed by atoms with Crippen molar-refractivity contribution >= 4 is 50.0 Å². The van der Waals surface area contributed by atoms with E-state index in [1.807, 2.05) is 24.3 Å². The van der Waals surface area contributed by atoms with Crippen LogP contribution in [0.3, 0.4) is 0 Å². The maximum absolute atomic E-state index is 6.06. The van der Waals surface area contributed by atoms with Gasteiger partial charge in [-0.25, -0.2) is 4.98 Å². The van der Waals surface area contributed by atoms with E-state index in [9.17, 15) is 0 Å². The van der Waals surface area contributed by atoms with Crippen molar-refractivity contribution in [2.45, 2.75) is 0 Å². The largest absolute Gasteiger partial charge is 0.436 e. The van der Waals surface area contributed by atoms with E-state index in [-0.39, 0.29) is 0 Å². The van der Waals surface area contributed by atoms with Gasteiger partial charge in [-0.05, 0) is 119 Å². The van der Waals surface area contributed by atoms with Crippen LogP contribution in [-0.2, 0) is 0 Å². The number of oxazole rings is 1. The lowest BCUT2D eigenvalue weighted by Crippen LogP contribution is -2.10. The van der Waals surface area contributed by atoms with Gasteiger partial charge in [-0.15, -0.1) is 0 Å². The third-order valence-electron chi connectivity index (χ3n) is 10.0. The van der Waals surface area contributed by atoms with Crippen molar-refractivity contribution in [1.29, 1.82) is 0 Å². The molecule has 0 amide bonds. The summed E-state index contributed by atoms with van der Waals surface area (Å²) in [5.74, 6) is 0.617. The summed E-state index contributed by atoms with van der Waals surface area (Å²) in [7, 11) is 0. The maximum Gasteiger partial charge on any atom is 0.227 e. The van der Waals surface area contributed by atoms with E-state index in [2.05, 4.69) is 185 Å². The minimum absolute atomic E-state index is 0.617. The number of hydrogen-bond donors (Lipinski definition) is 0. The molecule has 8 aromatic carbocycles. The predicted molar refractivity (Wildman–Crippen MR) is 219 cm³/mol. The van der Waals surface area contributed by atoms with Gasteiger partial charge in [0.15, 0.2) is 5.58 Å². The summed E-state index contributed by atoms with van der Waals surface area (Å²) in [6, 6.07) is 70.6. The molecule has 0 aliphatic carbocycles. The first kappa shape index (κ1) is 30.6. The fourth-order valence-corrected chi connectivity index (χ4v) is 7.45. The Hall–Kier alpha value is -7.17. The summed E-state index contributed by atoms with van der Waals surface area (Å²) >= 11 is 0. The summed E-state index contributed by atoms with van der Waals surface area (Å²) in [5.41, 5.74) is 14.0. The molecule has 2 heterocycles. The van der Waals surface area contributed by atoms with Crippen molar-refractivity contribution in [3.05, 3.63) is 200 Å². The molecule has 0 unspecified atom stereocenters. The maximum atomic E-state index is 6.06. The Balaban J connectivity index is 1.07. The quantitative estimate of drug-likeness (QED) is 0.168. The molecule has 0 saturated heterocycles. The second-order valence-electron chi connectivity index (χ2n) is 13.3. The van der Waals surface area contributed by atoms with Gasteiger partial charge in [-0.2, -0.15) is 0 Å². The van der Waals surface area contributed by atoms with Crippen molar-refractivity contribution in [1.82, 2.24) is 9.55 Å². The number of hydrogen-bond acceptors (Lipinski definition) is 3. The lowest BCUT2D eigenvalue weighted by Gasteiger charge is -2.26. The van der Waals surface area contributed by atoms with E-state index in [1.165, 1.54) is 44.1 Å². The molecule has 2 aromatic heterocycles. The monoisotopic (exact) mass is 679 g/mol. The summed E-state index contributed by atoms with van der Waals surface area (Å²) in [6.07, 6.45) is 0. The van der Waals surface area contributed by atoms with Gasteiger partial charge < -0.3 is 13.9 Å². The Morgan fingerprint density at radius 2 is 0.868 bits per heavy atom. The van der Waals surface area contributed by atoms with Crippen molar-refractivity contribution < 1.29 is 4.42 Å². The fourth-order valence-electron chi connectivity index (χ4n) is 7.45. The standard InChI is InChI=1S/C49H33N3O/c1-4-12-34(13-5-1)37-22-30-46-43(32-37)44-33-38(35-14-6-2-7-15-35)23-31-47(44)52(46)42-28-26-41(27-29-42)51(39-16-8-3-9-17-39)40-24-20-36(21-25-40)49-50-45-18-10-11-19-48(45)53-49/h1-33H. The number of nitrogens with zero attached hydrogens (tertiary/aromatic N) is 3. The van der Waals surface area contributed by atoms with Gasteiger partial charge in [0.1, 0.15) is 5.52 Å². The van der Waals surface area contributed by atoms with Gasteiger partial charge in [0.05, 0.1) is 11.0 Å². The lowest BCUT2D eigenvalue weighted by atomic mass is 10.0. The third-order valence-corrected chi connectivity index (χ3v) is 10.0. The molecule has 53 heavy (non-hydrogen) atoms. The molecule has 0 radical (unpaired) electrons. The van der Waals surface area contributed by atoms with Crippen LogP contribution in [0.25, 0.3) is 72.3 Å². The molecule has 10 aromatic rings. The lowest BCUT2D eigenvalue weighted by molar-refractivity contribution is 0.620. The Bertz CT molecular complexity index is 2730. The van der Waals surface area contributed by atoms with Crippen molar-refractivity contribution in [3.63, 3.8) is 0 Å². The van der Waals surface area contributed by atoms with Gasteiger partial charge in [-0.1, -0.05) is 103 Å². The molecule has 0 bridgehead atoms. The van der Waals surface area contributed by atoms with Crippen LogP contribution >= 0.6 is 0 Å². The molecule has 0 aliphatic rings. The van der Waals surface area contributed by atoms with Crippen LogP contribution in [0.5, 0.6) is 0 Å². The summed E-state index contributed by atoms with van der Waals surface area (Å²) in [5, 5.41) is 2.46. The van der Waals surface area contributed by atoms with E-state index in [1.54, 1.807) is 0 Å². The summed E-state index contributed by atoms with van der Waals surface area (Å²) < 4.78 is 8.45. The highest BCUT2D eigenvalue weighted by molar-refractivity contribution is 6.11. The molecule has 0 saturated carbocycles. The predicted octanol–water partition coefficient (Wildman–Crippen LogP) is 13.4. The van der Waals surface area contributed by atoms with Crippen LogP contribution < -0.4 is 4.90 Å². The molecule has 0 N–H and O–H groups in total. The van der Waals surface area contributed by atoms with Crippen LogP contribution in [0.15, 0.2) is 205 Å². The smallest absolute Gasteiger partial charge is 0.227 e. The normalized spacial score (nSPS) is 11.4. The van der Waals surface area contributed by atoms with Gasteiger partial charge >= 0.3 is 0 Å². The molecule has 4 heteroatoms. The van der Waals surface area contributed by atoms with E-state index in [0.29, 0.717) is 5.89 Å². The van der Waals surface area contributed by atoms with Crippen molar-refractivity contribution in [3.8, 4) is 39.4 Å². The zero-order valence-corrected chi connectivity index (χ0v) is 28.8. The zero-order chi connectivity index (χ0) is 35.1. The number of rotatable bonds is 7. The van der Waals surface area contributed by atoms with E-state index in [4.69, 9.17) is 9.40 Å². The minimum Gasteiger partial charge on any atom is -0.436 e. The molecule has 4 nitrogen and oxygen atoms in total. The van der Waals surface area contributed by atoms with Gasteiger partial charge in [0.2, 0.25) is 5.89 Å². The number of aromatic nitrogens is 2. The first-order valence-electron chi connectivity index (χ1n) is 17.9. The highest BCUT2D eigenvalue weighted by Gasteiger charge is 2.17. The fraction of sp³-hybridized carbons (Fsp3) is 0. The molecular weight excluding hydrogens is 647 g/mol. The molecule has 10 rings (SSSR count). The SMILES string of the molecule is c1ccc(-c2ccc3c(c2)c2cc(-c4ccccc4)ccc2n3-c2ccc(N(c3ccccc3)c3ccc(-c4nc5ccccc5o4)cc3)cc2)cc1. The van der Waals surface area contributed by atoms with Crippen LogP contribution in [0.4, 0.5) is 17.1 Å². The number of fused-ring (bicyclic) bond motifs is 4. The van der Waals surface area contributed by atoms with Crippen LogP contribution in [0.1, 0.15) is 0 Å². The van der Waals surface area contributed by atoms with Gasteiger partial charge in [0, 0.05) is 39.1 Å². The molecule has 0 atom stereocenters. The van der Waals surface area contributed by atoms with Crippen molar-refractivity contribution in [2.75, 3.05) is 4.90 Å². The first-order chi connectivity index (χ1) is 26.3. The Kier molecular flexibility index (Phi) is 7.43. The molecule has 0 aliphatic heterocycles. The Morgan fingerprint density at radius 1 is 0.396 bits per heavy atom. The minimum atomic E-state index is 0.617. The van der Waals surface area contributed by atoms with Gasteiger partial charge in [0.25, 0.3) is 0 Å². The average molecular weight is 680 g/mol. The number of benzene rings is 8.